The number of hydrogen-bond donors (Lipinski definition) is 0. The van der Waals surface area contributed by atoms with Crippen LogP contribution in [0.25, 0.3) is 10.4 Å². The molecule has 0 aromatic heterocycles. The quantitative estimate of drug-likeness (QED) is 0.261. The fourth-order valence-corrected chi connectivity index (χ4v) is 2.09. The van der Waals surface area contributed by atoms with Crippen LogP contribution in [0.4, 0.5) is 4.79 Å². The molecule has 8 nitrogen and oxygen atoms in total. The van der Waals surface area contributed by atoms with E-state index in [1.54, 1.807) is 20.8 Å². The Balaban J connectivity index is 2.83. The van der Waals surface area contributed by atoms with Gasteiger partial charge in [-0.2, -0.15) is 0 Å². The van der Waals surface area contributed by atoms with Crippen molar-refractivity contribution >= 4 is 12.1 Å². The number of rotatable bonds is 4. The zero-order chi connectivity index (χ0) is 16.3. The molecule has 0 radical (unpaired) electrons. The Morgan fingerprint density at radius 1 is 1.48 bits per heavy atom. The molecule has 1 aliphatic rings. The molecule has 1 fully saturated rings. The van der Waals surface area contributed by atoms with Gasteiger partial charge >= 0.3 is 12.1 Å². The molecule has 0 unspecified atom stereocenters. The summed E-state index contributed by atoms with van der Waals surface area (Å²) in [5.41, 5.74) is 7.17. The van der Waals surface area contributed by atoms with Crippen molar-refractivity contribution in [2.45, 2.75) is 32.4 Å². The summed E-state index contributed by atoms with van der Waals surface area (Å²) in [6, 6.07) is -1.05. The number of esters is 1. The first-order valence-corrected chi connectivity index (χ1v) is 6.42. The second kappa shape index (κ2) is 6.05. The maximum atomic E-state index is 11.9. The van der Waals surface area contributed by atoms with E-state index in [2.05, 4.69) is 21.3 Å². The lowest BCUT2D eigenvalue weighted by atomic mass is 9.73. The van der Waals surface area contributed by atoms with E-state index in [1.807, 2.05) is 0 Å². The molecule has 0 bridgehead atoms. The predicted octanol–water partition coefficient (Wildman–Crippen LogP) is 2.26. The van der Waals surface area contributed by atoms with Crippen molar-refractivity contribution in [3.8, 4) is 0 Å². The Morgan fingerprint density at radius 2 is 2.05 bits per heavy atom. The van der Waals surface area contributed by atoms with Crippen LogP contribution in [-0.2, 0) is 14.3 Å². The summed E-state index contributed by atoms with van der Waals surface area (Å²) in [6.07, 6.45) is 1.04. The van der Waals surface area contributed by atoms with Gasteiger partial charge in [-0.15, -0.1) is 6.58 Å². The van der Waals surface area contributed by atoms with Crippen LogP contribution < -0.4 is 0 Å². The van der Waals surface area contributed by atoms with Crippen LogP contribution in [0.2, 0.25) is 0 Å². The van der Waals surface area contributed by atoms with Crippen molar-refractivity contribution in [2.75, 3.05) is 20.2 Å². The number of ether oxygens (including phenoxy) is 2. The Bertz CT molecular complexity index is 485. The topological polar surface area (TPSA) is 105 Å². The number of azide groups is 1. The third-order valence-corrected chi connectivity index (χ3v) is 3.16. The van der Waals surface area contributed by atoms with E-state index < -0.39 is 29.1 Å². The minimum absolute atomic E-state index is 0.185. The van der Waals surface area contributed by atoms with Gasteiger partial charge in [-0.05, 0) is 26.3 Å². The summed E-state index contributed by atoms with van der Waals surface area (Å²) in [5.74, 6) is -0.656. The van der Waals surface area contributed by atoms with Crippen LogP contribution in [0.1, 0.15) is 20.8 Å². The highest BCUT2D eigenvalue weighted by Crippen LogP contribution is 2.38. The first-order chi connectivity index (χ1) is 9.69. The lowest BCUT2D eigenvalue weighted by Gasteiger charge is -2.50. The number of nitrogens with zero attached hydrogens (tertiary/aromatic N) is 4. The van der Waals surface area contributed by atoms with E-state index in [-0.39, 0.29) is 13.1 Å². The Hall–Kier alpha value is -2.21. The van der Waals surface area contributed by atoms with Crippen LogP contribution >= 0.6 is 0 Å². The van der Waals surface area contributed by atoms with E-state index in [0.717, 1.165) is 0 Å². The standard InChI is InChI=1S/C13H20N4O4/c1-6-13(9(15-16-14)10(18)20-5)7-17(8-13)11(19)21-12(2,3)4/h6,9H,1,7-8H2,2-5H3/t9-/m1/s1. The molecule has 1 aliphatic heterocycles. The van der Waals surface area contributed by atoms with Crippen LogP contribution in [0.3, 0.4) is 0 Å². The van der Waals surface area contributed by atoms with Crippen LogP contribution in [0, 0.1) is 5.41 Å². The smallest absolute Gasteiger partial charge is 0.410 e. The van der Waals surface area contributed by atoms with Gasteiger partial charge in [0.25, 0.3) is 0 Å². The molecule has 8 heteroatoms. The van der Waals surface area contributed by atoms with Crippen molar-refractivity contribution in [1.29, 1.82) is 0 Å². The van der Waals surface area contributed by atoms with Crippen molar-refractivity contribution in [2.24, 2.45) is 10.5 Å². The van der Waals surface area contributed by atoms with E-state index in [1.165, 1.54) is 18.1 Å². The summed E-state index contributed by atoms with van der Waals surface area (Å²) in [5, 5.41) is 3.48. The van der Waals surface area contributed by atoms with Crippen molar-refractivity contribution in [3.05, 3.63) is 23.1 Å². The largest absolute Gasteiger partial charge is 0.469 e. The number of likely N-dealkylation sites (tertiary alicyclic amines) is 1. The SMILES string of the molecule is C=CC1([C@H](N=[N+]=[N-])C(=O)OC)CN(C(=O)OC(C)(C)C)C1. The fraction of sp³-hybridized carbons (Fsp3) is 0.692. The third-order valence-electron chi connectivity index (χ3n) is 3.16. The molecule has 0 aromatic carbocycles. The first-order valence-electron chi connectivity index (χ1n) is 6.42. The lowest BCUT2D eigenvalue weighted by molar-refractivity contribution is -0.147. The summed E-state index contributed by atoms with van der Waals surface area (Å²) in [4.78, 5) is 27.7. The van der Waals surface area contributed by atoms with Crippen molar-refractivity contribution in [3.63, 3.8) is 0 Å². The van der Waals surface area contributed by atoms with Crippen molar-refractivity contribution in [1.82, 2.24) is 4.90 Å². The summed E-state index contributed by atoms with van der Waals surface area (Å²) < 4.78 is 9.88. The van der Waals surface area contributed by atoms with Crippen LogP contribution in [0.5, 0.6) is 0 Å². The number of hydrogen-bond acceptors (Lipinski definition) is 5. The predicted molar refractivity (Wildman–Crippen MR) is 75.4 cm³/mol. The Morgan fingerprint density at radius 3 is 2.43 bits per heavy atom. The molecular weight excluding hydrogens is 276 g/mol. The highest BCUT2D eigenvalue weighted by Gasteiger charge is 2.52. The minimum Gasteiger partial charge on any atom is -0.469 e. The highest BCUT2D eigenvalue weighted by molar-refractivity contribution is 5.79. The van der Waals surface area contributed by atoms with Gasteiger partial charge in [0, 0.05) is 23.4 Å². The highest BCUT2D eigenvalue weighted by atomic mass is 16.6. The summed E-state index contributed by atoms with van der Waals surface area (Å²) in [7, 11) is 1.21. The van der Waals surface area contributed by atoms with Gasteiger partial charge in [0.05, 0.1) is 7.11 Å². The van der Waals surface area contributed by atoms with Crippen LogP contribution in [0.15, 0.2) is 17.8 Å². The molecule has 1 atom stereocenters. The molecule has 1 rings (SSSR count). The molecule has 1 amide bonds. The average molecular weight is 296 g/mol. The number of amides is 1. The van der Waals surface area contributed by atoms with E-state index in [0.29, 0.717) is 0 Å². The maximum Gasteiger partial charge on any atom is 0.410 e. The molecule has 1 heterocycles. The minimum atomic E-state index is -1.05. The third kappa shape index (κ3) is 3.66. The van der Waals surface area contributed by atoms with E-state index in [9.17, 15) is 9.59 Å². The number of carbonyl (C=O) groups excluding carboxylic acids is 2. The molecule has 0 saturated carbocycles. The number of methoxy groups -OCH3 is 1. The molecule has 21 heavy (non-hydrogen) atoms. The van der Waals surface area contributed by atoms with Gasteiger partial charge in [0.1, 0.15) is 11.6 Å². The summed E-state index contributed by atoms with van der Waals surface area (Å²) >= 11 is 0. The fourth-order valence-electron chi connectivity index (χ4n) is 2.09. The Labute approximate surface area is 123 Å². The average Bonchev–Trinajstić information content (AvgIpc) is 2.33. The normalized spacial score (nSPS) is 17.8. The lowest BCUT2D eigenvalue weighted by Crippen LogP contribution is -2.64. The Kier molecular flexibility index (Phi) is 4.85. The molecule has 0 N–H and O–H groups in total. The zero-order valence-corrected chi connectivity index (χ0v) is 12.7. The monoisotopic (exact) mass is 296 g/mol. The number of carbonyl (C=O) groups is 2. The molecule has 116 valence electrons. The van der Waals surface area contributed by atoms with Gasteiger partial charge in [-0.3, -0.25) is 4.79 Å². The van der Waals surface area contributed by atoms with Crippen LogP contribution in [-0.4, -0.2) is 48.8 Å². The second-order valence-corrected chi connectivity index (χ2v) is 5.90. The molecule has 0 spiro atoms. The molecule has 0 aromatic rings. The van der Waals surface area contributed by atoms with Gasteiger partial charge in [-0.1, -0.05) is 11.2 Å². The summed E-state index contributed by atoms with van der Waals surface area (Å²) in [6.45, 7) is 9.34. The molecule has 0 aliphatic carbocycles. The molecular formula is C13H20N4O4. The van der Waals surface area contributed by atoms with E-state index >= 15 is 0 Å². The molecule has 1 saturated heterocycles. The second-order valence-electron chi connectivity index (χ2n) is 5.90. The van der Waals surface area contributed by atoms with Gasteiger partial charge in [0.15, 0.2) is 0 Å². The van der Waals surface area contributed by atoms with Crippen molar-refractivity contribution < 1.29 is 19.1 Å². The van der Waals surface area contributed by atoms with Gasteiger partial charge in [-0.25, -0.2) is 4.79 Å². The zero-order valence-electron chi connectivity index (χ0n) is 12.7. The van der Waals surface area contributed by atoms with E-state index in [4.69, 9.17) is 10.3 Å². The maximum absolute atomic E-state index is 11.9. The first kappa shape index (κ1) is 16.8. The van der Waals surface area contributed by atoms with Gasteiger partial charge in [0.2, 0.25) is 0 Å². The van der Waals surface area contributed by atoms with Gasteiger partial charge < -0.3 is 14.4 Å².